The highest BCUT2D eigenvalue weighted by atomic mass is 16.5. The Hall–Kier alpha value is -3.53. The van der Waals surface area contributed by atoms with E-state index in [9.17, 15) is 4.79 Å². The normalized spacial score (nSPS) is 15.5. The van der Waals surface area contributed by atoms with Crippen LogP contribution in [-0.4, -0.2) is 30.9 Å². The van der Waals surface area contributed by atoms with E-state index in [0.717, 1.165) is 0 Å². The summed E-state index contributed by atoms with van der Waals surface area (Å²) in [5.41, 5.74) is 6.96. The molecule has 7 nitrogen and oxygen atoms in total. The average Bonchev–Trinajstić information content (AvgIpc) is 3.15. The SMILES string of the molecule is COc1ccc(C#N)cc1-c1ccc(C=C2N=C(N)N(C)C2=O)o1. The van der Waals surface area contributed by atoms with Gasteiger partial charge in [-0.1, -0.05) is 0 Å². The van der Waals surface area contributed by atoms with Crippen molar-refractivity contribution in [1.29, 1.82) is 5.26 Å². The van der Waals surface area contributed by atoms with E-state index in [1.54, 1.807) is 44.5 Å². The summed E-state index contributed by atoms with van der Waals surface area (Å²) in [7, 11) is 3.09. The summed E-state index contributed by atoms with van der Waals surface area (Å²) < 4.78 is 11.0. The van der Waals surface area contributed by atoms with Gasteiger partial charge < -0.3 is 14.9 Å². The predicted octanol–water partition coefficient (Wildman–Crippen LogP) is 1.95. The van der Waals surface area contributed by atoms with E-state index in [1.807, 2.05) is 0 Å². The Labute approximate surface area is 138 Å². The fourth-order valence-electron chi connectivity index (χ4n) is 2.30. The molecule has 120 valence electrons. The summed E-state index contributed by atoms with van der Waals surface area (Å²) in [5.74, 6) is 1.40. The number of nitriles is 1. The predicted molar refractivity (Wildman–Crippen MR) is 87.8 cm³/mol. The number of aliphatic imine (C=N–C) groups is 1. The number of hydrogen-bond donors (Lipinski definition) is 1. The first-order valence-corrected chi connectivity index (χ1v) is 7.05. The Morgan fingerprint density at radius 3 is 2.79 bits per heavy atom. The van der Waals surface area contributed by atoms with Gasteiger partial charge in [-0.3, -0.25) is 9.69 Å². The Balaban J connectivity index is 1.98. The third kappa shape index (κ3) is 2.61. The Bertz CT molecular complexity index is 918. The molecule has 2 heterocycles. The third-order valence-electron chi connectivity index (χ3n) is 3.60. The van der Waals surface area contributed by atoms with Crippen LogP contribution in [0, 0.1) is 11.3 Å². The van der Waals surface area contributed by atoms with Gasteiger partial charge in [0.1, 0.15) is 23.0 Å². The second kappa shape index (κ2) is 5.93. The van der Waals surface area contributed by atoms with Crippen LogP contribution in [0.1, 0.15) is 11.3 Å². The molecule has 0 aliphatic carbocycles. The molecular formula is C17H14N4O3. The summed E-state index contributed by atoms with van der Waals surface area (Å²) in [5, 5.41) is 9.05. The van der Waals surface area contributed by atoms with Crippen molar-refractivity contribution in [1.82, 2.24) is 4.90 Å². The van der Waals surface area contributed by atoms with Gasteiger partial charge in [0.15, 0.2) is 0 Å². The number of nitrogens with zero attached hydrogens (tertiary/aromatic N) is 3. The molecule has 0 saturated carbocycles. The fourth-order valence-corrected chi connectivity index (χ4v) is 2.30. The molecule has 1 aromatic heterocycles. The fraction of sp³-hybridized carbons (Fsp3) is 0.118. The monoisotopic (exact) mass is 322 g/mol. The minimum absolute atomic E-state index is 0.140. The van der Waals surface area contributed by atoms with Gasteiger partial charge in [0.05, 0.1) is 24.3 Å². The van der Waals surface area contributed by atoms with Crippen molar-refractivity contribution in [3.05, 3.63) is 47.4 Å². The number of ether oxygens (including phenoxy) is 1. The van der Waals surface area contributed by atoms with E-state index in [0.29, 0.717) is 28.4 Å². The minimum Gasteiger partial charge on any atom is -0.496 e. The van der Waals surface area contributed by atoms with Crippen LogP contribution in [0.25, 0.3) is 17.4 Å². The molecule has 1 aliphatic heterocycles. The lowest BCUT2D eigenvalue weighted by molar-refractivity contribution is -0.121. The summed E-state index contributed by atoms with van der Waals surface area (Å²) in [4.78, 5) is 17.2. The maximum atomic E-state index is 11.9. The van der Waals surface area contributed by atoms with Crippen LogP contribution in [0.2, 0.25) is 0 Å². The number of rotatable bonds is 3. The van der Waals surface area contributed by atoms with Crippen LogP contribution < -0.4 is 10.5 Å². The van der Waals surface area contributed by atoms with Crippen molar-refractivity contribution >= 4 is 17.9 Å². The molecule has 7 heteroatoms. The zero-order valence-electron chi connectivity index (χ0n) is 13.1. The molecule has 2 aromatic rings. The van der Waals surface area contributed by atoms with Gasteiger partial charge in [-0.15, -0.1) is 0 Å². The standard InChI is InChI=1S/C17H14N4O3/c1-21-16(22)13(20-17(21)19)8-11-4-6-15(24-11)12-7-10(9-18)3-5-14(12)23-2/h3-8H,1-2H3,(H2,19,20). The number of likely N-dealkylation sites (N-methyl/N-ethyl adjacent to an activating group) is 1. The second-order valence-electron chi connectivity index (χ2n) is 5.09. The number of carbonyl (C=O) groups is 1. The summed E-state index contributed by atoms with van der Waals surface area (Å²) >= 11 is 0. The van der Waals surface area contributed by atoms with Crippen molar-refractivity contribution < 1.29 is 13.9 Å². The van der Waals surface area contributed by atoms with E-state index in [1.165, 1.54) is 11.0 Å². The van der Waals surface area contributed by atoms with Gasteiger partial charge in [-0.25, -0.2) is 4.99 Å². The van der Waals surface area contributed by atoms with Gasteiger partial charge in [-0.2, -0.15) is 5.26 Å². The first-order valence-electron chi connectivity index (χ1n) is 7.05. The molecule has 0 unspecified atom stereocenters. The third-order valence-corrected chi connectivity index (χ3v) is 3.60. The molecule has 0 atom stereocenters. The van der Waals surface area contributed by atoms with Crippen molar-refractivity contribution in [3.63, 3.8) is 0 Å². The van der Waals surface area contributed by atoms with Crippen molar-refractivity contribution in [2.45, 2.75) is 0 Å². The molecule has 3 rings (SSSR count). The van der Waals surface area contributed by atoms with Crippen LogP contribution in [0.3, 0.4) is 0 Å². The molecule has 0 fully saturated rings. The van der Waals surface area contributed by atoms with Gasteiger partial charge in [0.2, 0.25) is 5.96 Å². The Morgan fingerprint density at radius 1 is 1.38 bits per heavy atom. The highest BCUT2D eigenvalue weighted by Gasteiger charge is 2.25. The van der Waals surface area contributed by atoms with Gasteiger partial charge in [0.25, 0.3) is 5.91 Å². The summed E-state index contributed by atoms with van der Waals surface area (Å²) in [6.07, 6.45) is 1.52. The van der Waals surface area contributed by atoms with E-state index in [4.69, 9.17) is 20.1 Å². The second-order valence-corrected chi connectivity index (χ2v) is 5.09. The van der Waals surface area contributed by atoms with E-state index < -0.39 is 0 Å². The highest BCUT2D eigenvalue weighted by Crippen LogP contribution is 2.32. The van der Waals surface area contributed by atoms with Crippen LogP contribution in [0.15, 0.2) is 45.4 Å². The maximum absolute atomic E-state index is 11.9. The van der Waals surface area contributed by atoms with Gasteiger partial charge in [-0.05, 0) is 30.3 Å². The van der Waals surface area contributed by atoms with Crippen molar-refractivity contribution in [2.75, 3.05) is 14.2 Å². The molecule has 2 N–H and O–H groups in total. The smallest absolute Gasteiger partial charge is 0.279 e. The maximum Gasteiger partial charge on any atom is 0.279 e. The molecule has 0 radical (unpaired) electrons. The molecule has 1 aliphatic rings. The van der Waals surface area contributed by atoms with Crippen LogP contribution in [-0.2, 0) is 4.79 Å². The lowest BCUT2D eigenvalue weighted by Gasteiger charge is -2.06. The van der Waals surface area contributed by atoms with E-state index in [-0.39, 0.29) is 17.6 Å². The van der Waals surface area contributed by atoms with Gasteiger partial charge >= 0.3 is 0 Å². The number of benzene rings is 1. The van der Waals surface area contributed by atoms with Gasteiger partial charge in [0, 0.05) is 13.1 Å². The van der Waals surface area contributed by atoms with E-state index in [2.05, 4.69) is 11.1 Å². The Morgan fingerprint density at radius 2 is 2.17 bits per heavy atom. The highest BCUT2D eigenvalue weighted by molar-refractivity contribution is 6.12. The molecule has 0 bridgehead atoms. The average molecular weight is 322 g/mol. The molecular weight excluding hydrogens is 308 g/mol. The number of guanidine groups is 1. The molecule has 1 amide bonds. The Kier molecular flexibility index (Phi) is 3.80. The lowest BCUT2D eigenvalue weighted by Crippen LogP contribution is -2.33. The topological polar surface area (TPSA) is 105 Å². The summed E-state index contributed by atoms with van der Waals surface area (Å²) in [6, 6.07) is 10.6. The number of methoxy groups -OCH3 is 1. The molecule has 0 spiro atoms. The lowest BCUT2D eigenvalue weighted by atomic mass is 10.1. The number of furan rings is 1. The number of amides is 1. The van der Waals surface area contributed by atoms with E-state index >= 15 is 0 Å². The van der Waals surface area contributed by atoms with Crippen molar-refractivity contribution in [2.24, 2.45) is 10.7 Å². The molecule has 24 heavy (non-hydrogen) atoms. The van der Waals surface area contributed by atoms with Crippen LogP contribution in [0.5, 0.6) is 5.75 Å². The number of carbonyl (C=O) groups excluding carboxylic acids is 1. The van der Waals surface area contributed by atoms with Crippen LogP contribution in [0.4, 0.5) is 0 Å². The minimum atomic E-state index is -0.297. The zero-order chi connectivity index (χ0) is 17.3. The first-order chi connectivity index (χ1) is 11.5. The largest absolute Gasteiger partial charge is 0.496 e. The first kappa shape index (κ1) is 15.4. The molecule has 1 aromatic carbocycles. The number of hydrogen-bond acceptors (Lipinski definition) is 6. The zero-order valence-corrected chi connectivity index (χ0v) is 13.1. The summed E-state index contributed by atoms with van der Waals surface area (Å²) in [6.45, 7) is 0. The van der Waals surface area contributed by atoms with Crippen molar-refractivity contribution in [3.8, 4) is 23.1 Å². The number of nitrogens with two attached hydrogens (primary N) is 1. The molecule has 0 saturated heterocycles. The van der Waals surface area contributed by atoms with Crippen LogP contribution >= 0.6 is 0 Å². The quantitative estimate of drug-likeness (QED) is 0.870.